The number of benzene rings is 3. The van der Waals surface area contributed by atoms with Crippen molar-refractivity contribution in [1.82, 2.24) is 10.6 Å². The lowest BCUT2D eigenvalue weighted by atomic mass is 9.96. The number of methoxy groups -OCH3 is 2. The minimum atomic E-state index is -4.11. The first-order valence-electron chi connectivity index (χ1n) is 12.6. The van der Waals surface area contributed by atoms with Crippen molar-refractivity contribution in [2.75, 3.05) is 27.3 Å². The molecule has 9 nitrogen and oxygen atoms in total. The highest BCUT2D eigenvalue weighted by Gasteiger charge is 2.52. The Balaban J connectivity index is 1.59. The van der Waals surface area contributed by atoms with Gasteiger partial charge in [-0.1, -0.05) is 48.5 Å². The molecule has 1 fully saturated rings. The van der Waals surface area contributed by atoms with Gasteiger partial charge in [0.05, 0.1) is 24.7 Å². The van der Waals surface area contributed by atoms with Gasteiger partial charge in [0, 0.05) is 13.0 Å². The van der Waals surface area contributed by atoms with Gasteiger partial charge in [0.25, 0.3) is 0 Å². The Bertz CT molecular complexity index is 1400. The third kappa shape index (κ3) is 5.62. The molecule has 0 aliphatic carbocycles. The summed E-state index contributed by atoms with van der Waals surface area (Å²) in [6.45, 7) is 0.475. The number of aliphatic carboxylic acids is 1. The predicted molar refractivity (Wildman–Crippen MR) is 147 cm³/mol. The summed E-state index contributed by atoms with van der Waals surface area (Å²) in [5, 5.41) is 15.5. The van der Waals surface area contributed by atoms with E-state index in [1.165, 1.54) is 12.1 Å². The molecule has 2 atom stereocenters. The van der Waals surface area contributed by atoms with Crippen LogP contribution in [0.2, 0.25) is 0 Å². The van der Waals surface area contributed by atoms with Gasteiger partial charge in [0.15, 0.2) is 14.6 Å². The highest BCUT2D eigenvalue weighted by molar-refractivity contribution is 7.93. The first-order valence-corrected chi connectivity index (χ1v) is 14.1. The van der Waals surface area contributed by atoms with Gasteiger partial charge in [-0.15, -0.1) is 0 Å². The number of carboxylic acid groups (broad SMARTS) is 1. The third-order valence-electron chi connectivity index (χ3n) is 7.04. The minimum Gasteiger partial charge on any atom is -0.496 e. The summed E-state index contributed by atoms with van der Waals surface area (Å²) >= 11 is 0. The molecule has 0 spiro atoms. The van der Waals surface area contributed by atoms with Crippen LogP contribution in [0.3, 0.4) is 0 Å². The Labute approximate surface area is 228 Å². The number of carbonyl (C=O) groups excluding carboxylic acids is 1. The van der Waals surface area contributed by atoms with E-state index in [4.69, 9.17) is 9.47 Å². The van der Waals surface area contributed by atoms with E-state index < -0.39 is 32.5 Å². The zero-order valence-corrected chi connectivity index (χ0v) is 22.7. The molecule has 0 bridgehead atoms. The Morgan fingerprint density at radius 1 is 0.974 bits per heavy atom. The van der Waals surface area contributed by atoms with E-state index in [1.54, 1.807) is 44.6 Å². The predicted octanol–water partition coefficient (Wildman–Crippen LogP) is 3.08. The van der Waals surface area contributed by atoms with Crippen molar-refractivity contribution < 1.29 is 32.6 Å². The molecule has 206 valence electrons. The fourth-order valence-electron chi connectivity index (χ4n) is 4.92. The van der Waals surface area contributed by atoms with E-state index in [1.807, 2.05) is 30.3 Å². The molecular formula is C29H32N2O7S. The molecule has 0 radical (unpaired) electrons. The Morgan fingerprint density at radius 2 is 1.62 bits per heavy atom. The minimum absolute atomic E-state index is 0.0260. The van der Waals surface area contributed by atoms with Crippen molar-refractivity contribution in [2.45, 2.75) is 34.9 Å². The summed E-state index contributed by atoms with van der Waals surface area (Å²) in [6, 6.07) is 19.1. The molecule has 1 aliphatic rings. The lowest BCUT2D eigenvalue weighted by molar-refractivity contribution is -0.142. The van der Waals surface area contributed by atoms with Crippen LogP contribution in [-0.4, -0.2) is 63.5 Å². The van der Waals surface area contributed by atoms with E-state index in [-0.39, 0.29) is 24.3 Å². The normalized spacial score (nSPS) is 18.1. The van der Waals surface area contributed by atoms with Crippen LogP contribution in [-0.2, 0) is 25.8 Å². The average Bonchev–Trinajstić information content (AvgIpc) is 2.97. The third-order valence-corrected chi connectivity index (χ3v) is 9.50. The van der Waals surface area contributed by atoms with E-state index in [0.717, 1.165) is 11.1 Å². The summed E-state index contributed by atoms with van der Waals surface area (Å²) in [4.78, 5) is 25.8. The van der Waals surface area contributed by atoms with Crippen molar-refractivity contribution in [3.63, 3.8) is 0 Å². The van der Waals surface area contributed by atoms with Gasteiger partial charge in [-0.2, -0.15) is 0 Å². The fourth-order valence-corrected chi connectivity index (χ4v) is 6.89. The molecule has 0 saturated carbocycles. The SMILES string of the molecule is COc1cccc(OC)c1-c1ccc(C[C@H](NC(=O)C2(S(=O)(=O)c3ccccc3)CCCNC2)C(=O)O)cc1. The van der Waals surface area contributed by atoms with Gasteiger partial charge >= 0.3 is 5.97 Å². The van der Waals surface area contributed by atoms with E-state index in [9.17, 15) is 23.1 Å². The maximum Gasteiger partial charge on any atom is 0.326 e. The van der Waals surface area contributed by atoms with E-state index in [0.29, 0.717) is 30.0 Å². The van der Waals surface area contributed by atoms with Crippen molar-refractivity contribution in [2.24, 2.45) is 0 Å². The van der Waals surface area contributed by atoms with Crippen LogP contribution in [0.25, 0.3) is 11.1 Å². The van der Waals surface area contributed by atoms with E-state index in [2.05, 4.69) is 10.6 Å². The number of sulfone groups is 1. The lowest BCUT2D eigenvalue weighted by Crippen LogP contribution is -2.62. The van der Waals surface area contributed by atoms with Crippen LogP contribution in [0.4, 0.5) is 0 Å². The summed E-state index contributed by atoms with van der Waals surface area (Å²) in [5.41, 5.74) is 2.22. The van der Waals surface area contributed by atoms with Gasteiger partial charge < -0.3 is 25.2 Å². The fraction of sp³-hybridized carbons (Fsp3) is 0.310. The first kappa shape index (κ1) is 28.1. The standard InChI is InChI=1S/C29H32N2O7S/c1-37-24-10-6-11-25(38-2)26(24)21-14-12-20(13-15-21)18-23(27(32)33)31-28(34)29(16-7-17-30-19-29)39(35,36)22-8-4-3-5-9-22/h3-6,8-15,23,30H,7,16-19H2,1-2H3,(H,31,34)(H,32,33)/t23-,29?/m0/s1. The second-order valence-electron chi connectivity index (χ2n) is 9.39. The number of hydrogen-bond acceptors (Lipinski definition) is 7. The van der Waals surface area contributed by atoms with Crippen LogP contribution < -0.4 is 20.1 Å². The van der Waals surface area contributed by atoms with Gasteiger partial charge in [0.2, 0.25) is 5.91 Å². The number of hydrogen-bond donors (Lipinski definition) is 3. The number of ether oxygens (including phenoxy) is 2. The van der Waals surface area contributed by atoms with Gasteiger partial charge in [-0.05, 0) is 54.8 Å². The molecule has 3 aromatic rings. The zero-order valence-electron chi connectivity index (χ0n) is 21.8. The quantitative estimate of drug-likeness (QED) is 0.350. The van der Waals surface area contributed by atoms with Crippen molar-refractivity contribution in [3.8, 4) is 22.6 Å². The maximum absolute atomic E-state index is 13.7. The molecular weight excluding hydrogens is 520 g/mol. The summed E-state index contributed by atoms with van der Waals surface area (Å²) in [7, 11) is -0.970. The van der Waals surface area contributed by atoms with Crippen molar-refractivity contribution in [3.05, 3.63) is 78.4 Å². The Morgan fingerprint density at radius 3 is 2.15 bits per heavy atom. The largest absolute Gasteiger partial charge is 0.496 e. The van der Waals surface area contributed by atoms with Crippen LogP contribution in [0.5, 0.6) is 11.5 Å². The smallest absolute Gasteiger partial charge is 0.326 e. The zero-order chi connectivity index (χ0) is 28.0. The van der Waals surface area contributed by atoms with Crippen LogP contribution in [0, 0.1) is 0 Å². The Kier molecular flexibility index (Phi) is 8.57. The second kappa shape index (κ2) is 11.9. The number of nitrogens with one attached hydrogen (secondary N) is 2. The molecule has 1 aliphatic heterocycles. The first-order chi connectivity index (χ1) is 18.7. The number of carbonyl (C=O) groups is 2. The molecule has 0 aromatic heterocycles. The number of piperidine rings is 1. The number of amides is 1. The van der Waals surface area contributed by atoms with Gasteiger partial charge in [-0.25, -0.2) is 13.2 Å². The van der Waals surface area contributed by atoms with Crippen molar-refractivity contribution in [1.29, 1.82) is 0 Å². The summed E-state index contributed by atoms with van der Waals surface area (Å²) in [6.07, 6.45) is 0.523. The molecule has 4 rings (SSSR count). The van der Waals surface area contributed by atoms with Crippen LogP contribution in [0.15, 0.2) is 77.7 Å². The molecule has 39 heavy (non-hydrogen) atoms. The Hall–Kier alpha value is -3.89. The molecule has 1 amide bonds. The topological polar surface area (TPSA) is 131 Å². The monoisotopic (exact) mass is 552 g/mol. The molecule has 10 heteroatoms. The van der Waals surface area contributed by atoms with Gasteiger partial charge in [-0.3, -0.25) is 4.79 Å². The molecule has 1 unspecified atom stereocenters. The highest BCUT2D eigenvalue weighted by Crippen LogP contribution is 2.38. The lowest BCUT2D eigenvalue weighted by Gasteiger charge is -2.36. The average molecular weight is 553 g/mol. The highest BCUT2D eigenvalue weighted by atomic mass is 32.2. The second-order valence-corrected chi connectivity index (χ2v) is 11.7. The molecule has 3 N–H and O–H groups in total. The summed E-state index contributed by atoms with van der Waals surface area (Å²) in [5.74, 6) is -0.816. The number of carboxylic acids is 1. The maximum atomic E-state index is 13.7. The van der Waals surface area contributed by atoms with Crippen LogP contribution >= 0.6 is 0 Å². The number of rotatable bonds is 10. The van der Waals surface area contributed by atoms with E-state index >= 15 is 0 Å². The van der Waals surface area contributed by atoms with Crippen molar-refractivity contribution >= 4 is 21.7 Å². The summed E-state index contributed by atoms with van der Waals surface area (Å²) < 4.78 is 36.5. The molecule has 3 aromatic carbocycles. The molecule has 1 saturated heterocycles. The van der Waals surface area contributed by atoms with Gasteiger partial charge in [0.1, 0.15) is 17.5 Å². The molecule has 1 heterocycles. The van der Waals surface area contributed by atoms with Crippen LogP contribution in [0.1, 0.15) is 18.4 Å².